The number of fused-ring (bicyclic) bond motifs is 1. The topological polar surface area (TPSA) is 99.6 Å². The van der Waals surface area contributed by atoms with Gasteiger partial charge < -0.3 is 19.3 Å². The van der Waals surface area contributed by atoms with Gasteiger partial charge in [0.25, 0.3) is 0 Å². The minimum atomic E-state index is -4.97. The molecule has 3 heterocycles. The largest absolute Gasteiger partial charge is 0.471 e. The van der Waals surface area contributed by atoms with Crippen molar-refractivity contribution in [1.82, 2.24) is 19.9 Å². The van der Waals surface area contributed by atoms with Crippen molar-refractivity contribution in [3.63, 3.8) is 0 Å². The second-order valence-corrected chi connectivity index (χ2v) is 5.54. The summed E-state index contributed by atoms with van der Waals surface area (Å²) in [5, 5.41) is 11.3. The Labute approximate surface area is 149 Å². The third kappa shape index (κ3) is 3.06. The van der Waals surface area contributed by atoms with Crippen molar-refractivity contribution in [2.75, 3.05) is 6.54 Å². The molecule has 3 aromatic rings. The average Bonchev–Trinajstić information content (AvgIpc) is 3.20. The first-order chi connectivity index (χ1) is 12.3. The van der Waals surface area contributed by atoms with Crippen LogP contribution in [0.4, 0.5) is 13.2 Å². The minimum Gasteiger partial charge on any atom is -0.463 e. The number of amides is 1. The number of aromatic nitrogens is 3. The highest BCUT2D eigenvalue weighted by Gasteiger charge is 2.38. The number of alkyl halides is 3. The van der Waals surface area contributed by atoms with Gasteiger partial charge in [-0.25, -0.2) is 4.98 Å². The van der Waals surface area contributed by atoms with Gasteiger partial charge in [0, 0.05) is 13.1 Å². The highest BCUT2D eigenvalue weighted by atomic mass is 32.1. The van der Waals surface area contributed by atoms with E-state index in [0.29, 0.717) is 22.5 Å². The van der Waals surface area contributed by atoms with Crippen molar-refractivity contribution in [2.24, 2.45) is 0 Å². The van der Waals surface area contributed by atoms with Crippen molar-refractivity contribution in [3.8, 4) is 17.5 Å². The number of hydrogen-bond acceptors (Lipinski definition) is 5. The van der Waals surface area contributed by atoms with Gasteiger partial charge in [-0.2, -0.15) is 18.4 Å². The maximum atomic E-state index is 12.3. The fraction of sp³-hybridized carbons (Fsp3) is 0.200. The molecule has 0 atom stereocenters. The summed E-state index contributed by atoms with van der Waals surface area (Å²) in [5.74, 6) is -1.71. The maximum absolute atomic E-state index is 12.3. The third-order valence-electron chi connectivity index (χ3n) is 3.60. The molecule has 0 aliphatic carbocycles. The van der Waals surface area contributed by atoms with Gasteiger partial charge in [0.1, 0.15) is 22.8 Å². The molecule has 0 aliphatic rings. The summed E-state index contributed by atoms with van der Waals surface area (Å²) < 4.78 is 44.1. The van der Waals surface area contributed by atoms with Crippen LogP contribution in [0.3, 0.4) is 0 Å². The van der Waals surface area contributed by atoms with Crippen LogP contribution in [0.2, 0.25) is 0 Å². The first-order valence-electron chi connectivity index (χ1n) is 7.23. The zero-order valence-electron chi connectivity index (χ0n) is 12.9. The van der Waals surface area contributed by atoms with E-state index in [1.165, 1.54) is 17.2 Å². The molecular formula is C15H10F3N5O2S. The van der Waals surface area contributed by atoms with E-state index in [1.807, 2.05) is 6.07 Å². The van der Waals surface area contributed by atoms with Gasteiger partial charge in [-0.1, -0.05) is 12.2 Å². The van der Waals surface area contributed by atoms with Crippen LogP contribution in [0.25, 0.3) is 22.5 Å². The van der Waals surface area contributed by atoms with E-state index in [2.05, 4.69) is 9.97 Å². The lowest BCUT2D eigenvalue weighted by Crippen LogP contribution is -2.38. The van der Waals surface area contributed by atoms with Crippen LogP contribution >= 0.6 is 12.2 Å². The lowest BCUT2D eigenvalue weighted by atomic mass is 10.2. The highest BCUT2D eigenvalue weighted by Crippen LogP contribution is 2.32. The summed E-state index contributed by atoms with van der Waals surface area (Å²) in [4.78, 5) is 17.8. The molecule has 0 saturated carbocycles. The Kier molecular flexibility index (Phi) is 4.52. The Morgan fingerprint density at radius 1 is 1.50 bits per heavy atom. The first kappa shape index (κ1) is 17.7. The molecule has 0 bridgehead atoms. The number of nitriles is 1. The van der Waals surface area contributed by atoms with E-state index < -0.39 is 12.1 Å². The zero-order valence-corrected chi connectivity index (χ0v) is 13.7. The summed E-state index contributed by atoms with van der Waals surface area (Å²) in [7, 11) is 0. The van der Waals surface area contributed by atoms with E-state index in [1.54, 1.807) is 17.4 Å². The number of aromatic amines is 1. The normalized spacial score (nSPS) is 11.5. The van der Waals surface area contributed by atoms with E-state index in [-0.39, 0.29) is 23.3 Å². The standard InChI is InChI=1S/C15H10F3N5O2S/c16-15(17,18)14(24)20-3-4-23-11(9-2-1-5-25-9)8(6-19)10-12(23)13(26)22-7-21-10/h1-2,5,7H,3-4H2,(H,20,24)(H,21,22,26). The van der Waals surface area contributed by atoms with Crippen LogP contribution in [-0.4, -0.2) is 33.2 Å². The number of halogens is 3. The molecule has 0 aromatic carbocycles. The second kappa shape index (κ2) is 6.64. The van der Waals surface area contributed by atoms with Gasteiger partial charge in [0.15, 0.2) is 10.4 Å². The van der Waals surface area contributed by atoms with Gasteiger partial charge in [-0.05, 0) is 12.1 Å². The molecule has 134 valence electrons. The third-order valence-corrected chi connectivity index (χ3v) is 3.90. The molecule has 3 rings (SSSR count). The average molecular weight is 381 g/mol. The monoisotopic (exact) mass is 381 g/mol. The van der Waals surface area contributed by atoms with Crippen LogP contribution in [0, 0.1) is 16.0 Å². The SMILES string of the molecule is N#Cc1c(-c2ccco2)n(CCNC(=O)C(F)(F)F)c2c(=S)nc[nH]c12. The quantitative estimate of drug-likeness (QED) is 0.677. The molecule has 0 aliphatic heterocycles. The van der Waals surface area contributed by atoms with Crippen molar-refractivity contribution in [1.29, 1.82) is 5.26 Å². The number of nitrogens with zero attached hydrogens (tertiary/aromatic N) is 3. The Morgan fingerprint density at radius 2 is 2.27 bits per heavy atom. The van der Waals surface area contributed by atoms with Gasteiger partial charge in [-0.15, -0.1) is 0 Å². The smallest absolute Gasteiger partial charge is 0.463 e. The highest BCUT2D eigenvalue weighted by molar-refractivity contribution is 7.71. The number of carbonyl (C=O) groups excluding carboxylic acids is 1. The van der Waals surface area contributed by atoms with E-state index in [0.717, 1.165) is 0 Å². The van der Waals surface area contributed by atoms with E-state index >= 15 is 0 Å². The van der Waals surface area contributed by atoms with E-state index in [9.17, 15) is 23.2 Å². The molecule has 1 amide bonds. The molecule has 2 N–H and O–H groups in total. The number of H-pyrrole nitrogens is 1. The van der Waals surface area contributed by atoms with Gasteiger partial charge in [0.2, 0.25) is 0 Å². The molecule has 3 aromatic heterocycles. The molecular weight excluding hydrogens is 371 g/mol. The minimum absolute atomic E-state index is 0.0702. The maximum Gasteiger partial charge on any atom is 0.471 e. The predicted molar refractivity (Wildman–Crippen MR) is 86.4 cm³/mol. The van der Waals surface area contributed by atoms with Crippen LogP contribution in [-0.2, 0) is 11.3 Å². The molecule has 0 spiro atoms. The van der Waals surface area contributed by atoms with Crippen molar-refractivity contribution in [3.05, 3.63) is 34.9 Å². The number of hydrogen-bond donors (Lipinski definition) is 2. The van der Waals surface area contributed by atoms with Crippen molar-refractivity contribution in [2.45, 2.75) is 12.7 Å². The zero-order chi connectivity index (χ0) is 18.9. The lowest BCUT2D eigenvalue weighted by Gasteiger charge is -2.11. The molecule has 7 nitrogen and oxygen atoms in total. The van der Waals surface area contributed by atoms with Gasteiger partial charge in [-0.3, -0.25) is 4.79 Å². The summed E-state index contributed by atoms with van der Waals surface area (Å²) >= 11 is 5.19. The van der Waals surface area contributed by atoms with Crippen molar-refractivity contribution >= 4 is 29.2 Å². The Hall–Kier alpha value is -3.13. The Balaban J connectivity index is 2.09. The van der Waals surface area contributed by atoms with Gasteiger partial charge in [0.05, 0.1) is 18.1 Å². The number of rotatable bonds is 4. The molecule has 0 unspecified atom stereocenters. The van der Waals surface area contributed by atoms with Crippen LogP contribution in [0.15, 0.2) is 29.1 Å². The summed E-state index contributed by atoms with van der Waals surface area (Å²) in [5.41, 5.74) is 1.31. The van der Waals surface area contributed by atoms with Crippen LogP contribution in [0.5, 0.6) is 0 Å². The predicted octanol–water partition coefficient (Wildman–Crippen LogP) is 2.90. The van der Waals surface area contributed by atoms with Crippen LogP contribution < -0.4 is 5.32 Å². The molecule has 11 heteroatoms. The number of nitrogens with one attached hydrogen (secondary N) is 2. The molecule has 0 radical (unpaired) electrons. The summed E-state index contributed by atoms with van der Waals surface area (Å²) in [6.45, 7) is -0.399. The van der Waals surface area contributed by atoms with E-state index in [4.69, 9.17) is 16.6 Å². The van der Waals surface area contributed by atoms with Gasteiger partial charge >= 0.3 is 12.1 Å². The fourth-order valence-corrected chi connectivity index (χ4v) is 2.85. The lowest BCUT2D eigenvalue weighted by molar-refractivity contribution is -0.173. The molecule has 26 heavy (non-hydrogen) atoms. The Morgan fingerprint density at radius 3 is 2.88 bits per heavy atom. The summed E-state index contributed by atoms with van der Waals surface area (Å²) in [6, 6.07) is 5.26. The first-order valence-corrected chi connectivity index (χ1v) is 7.64. The number of carbonyl (C=O) groups is 1. The fourth-order valence-electron chi connectivity index (χ4n) is 2.58. The Bertz CT molecular complexity index is 1060. The summed E-state index contributed by atoms with van der Waals surface area (Å²) in [6.07, 6.45) is -2.24. The van der Waals surface area contributed by atoms with Crippen molar-refractivity contribution < 1.29 is 22.4 Å². The number of furan rings is 1. The van der Waals surface area contributed by atoms with Crippen LogP contribution in [0.1, 0.15) is 5.56 Å². The molecule has 0 fully saturated rings. The second-order valence-electron chi connectivity index (χ2n) is 5.15. The molecule has 0 saturated heterocycles.